The lowest BCUT2D eigenvalue weighted by Gasteiger charge is -2.30. The van der Waals surface area contributed by atoms with Crippen LogP contribution in [0.1, 0.15) is 31.7 Å². The fraction of sp³-hybridized carbons (Fsp3) is 0.389. The van der Waals surface area contributed by atoms with Crippen LogP contribution in [0.5, 0.6) is 0 Å². The van der Waals surface area contributed by atoms with Gasteiger partial charge >= 0.3 is 5.97 Å². The maximum Gasteiger partial charge on any atom is 0.312 e. The maximum absolute atomic E-state index is 12.5. The molecule has 0 saturated heterocycles. The molecule has 0 spiro atoms. The van der Waals surface area contributed by atoms with E-state index >= 15 is 0 Å². The number of carbonyl (C=O) groups excluding carboxylic acids is 1. The first-order valence-electron chi connectivity index (χ1n) is 7.11. The van der Waals surface area contributed by atoms with Crippen LogP contribution in [0.15, 0.2) is 55.6 Å². The Morgan fingerprint density at radius 2 is 1.95 bits per heavy atom. The summed E-state index contributed by atoms with van der Waals surface area (Å²) in [4.78, 5) is 12.5. The van der Waals surface area contributed by atoms with Crippen molar-refractivity contribution < 1.29 is 9.53 Å². The maximum atomic E-state index is 12.5. The monoisotopic (exact) mass is 272 g/mol. The molecule has 0 heterocycles. The molecule has 108 valence electrons. The Morgan fingerprint density at radius 1 is 1.25 bits per heavy atom. The summed E-state index contributed by atoms with van der Waals surface area (Å²) < 4.78 is 5.31. The summed E-state index contributed by atoms with van der Waals surface area (Å²) >= 11 is 0. The molecule has 20 heavy (non-hydrogen) atoms. The van der Waals surface area contributed by atoms with Crippen LogP contribution < -0.4 is 0 Å². The SMILES string of the molecule is C=CCCC(CC=C)(Cc1ccccc1)C(=O)OCC. The third-order valence-electron chi connectivity index (χ3n) is 3.46. The van der Waals surface area contributed by atoms with Crippen molar-refractivity contribution in [2.45, 2.75) is 32.6 Å². The Kier molecular flexibility index (Phi) is 6.78. The number of benzene rings is 1. The molecule has 1 aromatic rings. The molecular formula is C18H24O2. The first-order chi connectivity index (χ1) is 9.68. The van der Waals surface area contributed by atoms with Gasteiger partial charge in [-0.2, -0.15) is 0 Å². The molecular weight excluding hydrogens is 248 g/mol. The summed E-state index contributed by atoms with van der Waals surface area (Å²) in [6, 6.07) is 10.1. The van der Waals surface area contributed by atoms with Gasteiger partial charge in [0.25, 0.3) is 0 Å². The summed E-state index contributed by atoms with van der Waals surface area (Å²) in [7, 11) is 0. The molecule has 0 fully saturated rings. The number of esters is 1. The van der Waals surface area contributed by atoms with Gasteiger partial charge in [-0.25, -0.2) is 0 Å². The highest BCUT2D eigenvalue weighted by atomic mass is 16.5. The quantitative estimate of drug-likeness (QED) is 0.494. The van der Waals surface area contributed by atoms with E-state index in [1.165, 1.54) is 0 Å². The average Bonchev–Trinajstić information content (AvgIpc) is 2.46. The molecule has 0 saturated carbocycles. The zero-order valence-corrected chi connectivity index (χ0v) is 12.3. The summed E-state index contributed by atoms with van der Waals surface area (Å²) in [5.74, 6) is -0.134. The lowest BCUT2D eigenvalue weighted by Crippen LogP contribution is -2.35. The van der Waals surface area contributed by atoms with Crippen molar-refractivity contribution in [1.29, 1.82) is 0 Å². The summed E-state index contributed by atoms with van der Waals surface area (Å²) in [6.45, 7) is 9.81. The first-order valence-corrected chi connectivity index (χ1v) is 7.11. The van der Waals surface area contributed by atoms with E-state index in [2.05, 4.69) is 13.2 Å². The normalized spacial score (nSPS) is 13.2. The molecule has 1 unspecified atom stereocenters. The van der Waals surface area contributed by atoms with Crippen molar-refractivity contribution in [1.82, 2.24) is 0 Å². The van der Waals surface area contributed by atoms with Crippen molar-refractivity contribution >= 4 is 5.97 Å². The van der Waals surface area contributed by atoms with Gasteiger partial charge in [0, 0.05) is 0 Å². The molecule has 1 atom stereocenters. The molecule has 0 aliphatic carbocycles. The summed E-state index contributed by atoms with van der Waals surface area (Å²) in [6.07, 6.45) is 6.47. The number of ether oxygens (including phenoxy) is 1. The fourth-order valence-corrected chi connectivity index (χ4v) is 2.45. The van der Waals surface area contributed by atoms with E-state index in [0.717, 1.165) is 18.4 Å². The molecule has 0 amide bonds. The molecule has 1 aromatic carbocycles. The van der Waals surface area contributed by atoms with Gasteiger partial charge in [-0.15, -0.1) is 13.2 Å². The minimum Gasteiger partial charge on any atom is -0.466 e. The largest absolute Gasteiger partial charge is 0.466 e. The van der Waals surface area contributed by atoms with Crippen LogP contribution in [0.25, 0.3) is 0 Å². The molecule has 2 heteroatoms. The summed E-state index contributed by atoms with van der Waals surface area (Å²) in [5.41, 5.74) is 0.610. The minimum atomic E-state index is -0.534. The van der Waals surface area contributed by atoms with E-state index in [9.17, 15) is 4.79 Å². The van der Waals surface area contributed by atoms with E-state index < -0.39 is 5.41 Å². The number of allylic oxidation sites excluding steroid dienone is 2. The molecule has 0 bridgehead atoms. The van der Waals surface area contributed by atoms with Crippen molar-refractivity contribution in [3.63, 3.8) is 0 Å². The number of hydrogen-bond acceptors (Lipinski definition) is 2. The standard InChI is InChI=1S/C18H24O2/c1-4-7-14-18(13-5-2,17(19)20-6-3)15-16-11-9-8-10-12-16/h4-5,8-12H,1-2,6-7,13-15H2,3H3. The Hall–Kier alpha value is -1.83. The van der Waals surface area contributed by atoms with Gasteiger partial charge in [0.1, 0.15) is 0 Å². The zero-order chi connectivity index (χ0) is 14.8. The molecule has 0 N–H and O–H groups in total. The van der Waals surface area contributed by atoms with Gasteiger partial charge in [-0.1, -0.05) is 42.5 Å². The molecule has 2 nitrogen and oxygen atoms in total. The van der Waals surface area contributed by atoms with Crippen LogP contribution in [0.2, 0.25) is 0 Å². The average molecular weight is 272 g/mol. The van der Waals surface area contributed by atoms with Crippen molar-refractivity contribution in [3.8, 4) is 0 Å². The van der Waals surface area contributed by atoms with E-state index in [1.54, 1.807) is 0 Å². The van der Waals surface area contributed by atoms with Gasteiger partial charge in [-0.05, 0) is 38.2 Å². The molecule has 0 aromatic heterocycles. The van der Waals surface area contributed by atoms with Crippen molar-refractivity contribution in [3.05, 3.63) is 61.2 Å². The molecule has 1 rings (SSSR count). The lowest BCUT2D eigenvalue weighted by atomic mass is 9.75. The highest BCUT2D eigenvalue weighted by molar-refractivity contribution is 5.77. The van der Waals surface area contributed by atoms with Crippen molar-refractivity contribution in [2.75, 3.05) is 6.61 Å². The second-order valence-electron chi connectivity index (χ2n) is 4.98. The van der Waals surface area contributed by atoms with Gasteiger partial charge in [0.2, 0.25) is 0 Å². The first kappa shape index (κ1) is 16.2. The third kappa shape index (κ3) is 4.37. The summed E-state index contributed by atoms with van der Waals surface area (Å²) in [5, 5.41) is 0. The smallest absolute Gasteiger partial charge is 0.312 e. The Balaban J connectivity index is 3.03. The van der Waals surface area contributed by atoms with E-state index in [0.29, 0.717) is 19.4 Å². The van der Waals surface area contributed by atoms with Gasteiger partial charge in [0.15, 0.2) is 0 Å². The van der Waals surface area contributed by atoms with Gasteiger partial charge in [0.05, 0.1) is 12.0 Å². The van der Waals surface area contributed by atoms with Crippen molar-refractivity contribution in [2.24, 2.45) is 5.41 Å². The third-order valence-corrected chi connectivity index (χ3v) is 3.46. The molecule has 0 aliphatic heterocycles. The van der Waals surface area contributed by atoms with Gasteiger partial charge < -0.3 is 4.74 Å². The van der Waals surface area contributed by atoms with Crippen LogP contribution in [0, 0.1) is 5.41 Å². The van der Waals surface area contributed by atoms with Crippen LogP contribution in [0.4, 0.5) is 0 Å². The molecule has 0 aliphatic rings. The van der Waals surface area contributed by atoms with E-state index in [4.69, 9.17) is 4.74 Å². The van der Waals surface area contributed by atoms with E-state index in [1.807, 2.05) is 49.4 Å². The predicted molar refractivity (Wildman–Crippen MR) is 83.5 cm³/mol. The Morgan fingerprint density at radius 3 is 2.50 bits per heavy atom. The molecule has 0 radical (unpaired) electrons. The van der Waals surface area contributed by atoms with Crippen LogP contribution in [-0.4, -0.2) is 12.6 Å². The minimum absolute atomic E-state index is 0.134. The predicted octanol–water partition coefficient (Wildman–Crippen LogP) is 4.32. The number of carbonyl (C=O) groups is 1. The second-order valence-corrected chi connectivity index (χ2v) is 4.98. The van der Waals surface area contributed by atoms with E-state index in [-0.39, 0.29) is 5.97 Å². The van der Waals surface area contributed by atoms with Gasteiger partial charge in [-0.3, -0.25) is 4.79 Å². The fourth-order valence-electron chi connectivity index (χ4n) is 2.45. The number of hydrogen-bond donors (Lipinski definition) is 0. The van der Waals surface area contributed by atoms with Crippen LogP contribution >= 0.6 is 0 Å². The Bertz CT molecular complexity index is 436. The van der Waals surface area contributed by atoms with Crippen LogP contribution in [-0.2, 0) is 16.0 Å². The number of rotatable bonds is 9. The lowest BCUT2D eigenvalue weighted by molar-refractivity contribution is -0.155. The zero-order valence-electron chi connectivity index (χ0n) is 12.3. The second kappa shape index (κ2) is 8.36. The Labute approximate surface area is 122 Å². The highest BCUT2D eigenvalue weighted by Gasteiger charge is 2.38. The highest BCUT2D eigenvalue weighted by Crippen LogP contribution is 2.35. The van der Waals surface area contributed by atoms with Crippen LogP contribution in [0.3, 0.4) is 0 Å². The topological polar surface area (TPSA) is 26.3 Å².